The first-order valence-corrected chi connectivity index (χ1v) is 15.3. The number of nitrogens with one attached hydrogen (secondary N) is 3. The highest BCUT2D eigenvalue weighted by atomic mass is 35.5. The van der Waals surface area contributed by atoms with Gasteiger partial charge in [0.2, 0.25) is 0 Å². The van der Waals surface area contributed by atoms with Crippen molar-refractivity contribution < 1.29 is 31.1 Å². The van der Waals surface area contributed by atoms with Crippen molar-refractivity contribution in [3.05, 3.63) is 101 Å². The summed E-state index contributed by atoms with van der Waals surface area (Å²) in [5, 5.41) is 2.68. The van der Waals surface area contributed by atoms with Gasteiger partial charge in [0, 0.05) is 17.3 Å². The molecule has 4 rings (SSSR count). The maximum absolute atomic E-state index is 12.9. The van der Waals surface area contributed by atoms with Gasteiger partial charge in [0.15, 0.2) is 0 Å². The first-order valence-electron chi connectivity index (χ1n) is 12.0. The zero-order valence-electron chi connectivity index (χ0n) is 22.1. The lowest BCUT2D eigenvalue weighted by molar-refractivity contribution is 0.102. The van der Waals surface area contributed by atoms with E-state index in [1.165, 1.54) is 74.9 Å². The highest BCUT2D eigenvalue weighted by molar-refractivity contribution is 7.93. The van der Waals surface area contributed by atoms with Gasteiger partial charge in [-0.05, 0) is 73.7 Å². The Bertz CT molecular complexity index is 1790. The molecule has 1 amide bonds. The number of sulfonamides is 2. The van der Waals surface area contributed by atoms with Gasteiger partial charge in [-0.15, -0.1) is 0 Å². The predicted octanol–water partition coefficient (Wildman–Crippen LogP) is 5.52. The van der Waals surface area contributed by atoms with Crippen LogP contribution in [0.2, 0.25) is 5.02 Å². The lowest BCUT2D eigenvalue weighted by atomic mass is 10.2. The van der Waals surface area contributed by atoms with E-state index in [0.29, 0.717) is 11.4 Å². The standard InChI is InChI=1S/C28H26ClN3O7S2/c1-18-4-10-22(11-5-18)40(34,35)31-25-14-6-19(16-24(25)29)28(33)30-20-7-12-23(13-8-20)41(36,37)32-26-15-9-21(38-2)17-27(26)39-3/h4-17,31-32H,1-3H3,(H,30,33). The van der Waals surface area contributed by atoms with E-state index in [2.05, 4.69) is 14.8 Å². The van der Waals surface area contributed by atoms with E-state index < -0.39 is 26.0 Å². The molecule has 0 heterocycles. The highest BCUT2D eigenvalue weighted by Gasteiger charge is 2.19. The highest BCUT2D eigenvalue weighted by Crippen LogP contribution is 2.31. The molecular formula is C28H26ClN3O7S2. The second-order valence-electron chi connectivity index (χ2n) is 8.76. The average Bonchev–Trinajstić information content (AvgIpc) is 2.94. The minimum Gasteiger partial charge on any atom is -0.497 e. The number of carbonyl (C=O) groups excluding carboxylic acids is 1. The molecule has 10 nitrogen and oxygen atoms in total. The number of anilines is 3. The summed E-state index contributed by atoms with van der Waals surface area (Å²) in [4.78, 5) is 12.8. The van der Waals surface area contributed by atoms with Crippen LogP contribution >= 0.6 is 11.6 Å². The van der Waals surface area contributed by atoms with Crippen molar-refractivity contribution in [1.82, 2.24) is 0 Å². The Labute approximate surface area is 243 Å². The second-order valence-corrected chi connectivity index (χ2v) is 12.5. The van der Waals surface area contributed by atoms with Crippen LogP contribution in [0.15, 0.2) is 94.7 Å². The monoisotopic (exact) mass is 615 g/mol. The molecule has 0 unspecified atom stereocenters. The van der Waals surface area contributed by atoms with E-state index in [9.17, 15) is 21.6 Å². The van der Waals surface area contributed by atoms with E-state index in [1.54, 1.807) is 24.3 Å². The Morgan fingerprint density at radius 1 is 0.707 bits per heavy atom. The van der Waals surface area contributed by atoms with Crippen molar-refractivity contribution in [3.63, 3.8) is 0 Å². The molecule has 0 aromatic heterocycles. The molecule has 0 radical (unpaired) electrons. The van der Waals surface area contributed by atoms with Gasteiger partial charge >= 0.3 is 0 Å². The Hall–Kier alpha value is -4.26. The van der Waals surface area contributed by atoms with Gasteiger partial charge < -0.3 is 14.8 Å². The van der Waals surface area contributed by atoms with Crippen LogP contribution in [-0.4, -0.2) is 37.0 Å². The van der Waals surface area contributed by atoms with Crippen LogP contribution in [0, 0.1) is 6.92 Å². The smallest absolute Gasteiger partial charge is 0.262 e. The van der Waals surface area contributed by atoms with Crippen molar-refractivity contribution in [2.75, 3.05) is 29.0 Å². The number of aryl methyl sites for hydroxylation is 1. The van der Waals surface area contributed by atoms with Gasteiger partial charge in [0.1, 0.15) is 11.5 Å². The van der Waals surface area contributed by atoms with Gasteiger partial charge in [-0.25, -0.2) is 16.8 Å². The fraction of sp³-hybridized carbons (Fsp3) is 0.107. The Morgan fingerprint density at radius 3 is 1.83 bits per heavy atom. The lowest BCUT2D eigenvalue weighted by Gasteiger charge is -2.13. The van der Waals surface area contributed by atoms with Gasteiger partial charge in [-0.2, -0.15) is 0 Å². The third-order valence-corrected chi connectivity index (χ3v) is 8.96. The van der Waals surface area contributed by atoms with Crippen molar-refractivity contribution in [2.24, 2.45) is 0 Å². The van der Waals surface area contributed by atoms with Crippen LogP contribution in [0.3, 0.4) is 0 Å². The van der Waals surface area contributed by atoms with Crippen molar-refractivity contribution in [3.8, 4) is 11.5 Å². The predicted molar refractivity (Wildman–Crippen MR) is 158 cm³/mol. The first-order chi connectivity index (χ1) is 19.4. The molecular weight excluding hydrogens is 590 g/mol. The minimum absolute atomic E-state index is 0.0230. The van der Waals surface area contributed by atoms with E-state index in [1.807, 2.05) is 6.92 Å². The van der Waals surface area contributed by atoms with Gasteiger partial charge in [-0.3, -0.25) is 14.2 Å². The molecule has 0 fully saturated rings. The van der Waals surface area contributed by atoms with Crippen LogP contribution in [0.4, 0.5) is 17.1 Å². The minimum atomic E-state index is -3.97. The summed E-state index contributed by atoms with van der Waals surface area (Å²) < 4.78 is 66.4. The third kappa shape index (κ3) is 7.09. The molecule has 3 N–H and O–H groups in total. The number of hydrogen-bond donors (Lipinski definition) is 3. The molecule has 0 saturated heterocycles. The Balaban J connectivity index is 1.44. The van der Waals surface area contributed by atoms with Crippen LogP contribution in [0.5, 0.6) is 11.5 Å². The maximum Gasteiger partial charge on any atom is 0.262 e. The van der Waals surface area contributed by atoms with Crippen LogP contribution < -0.4 is 24.2 Å². The molecule has 0 atom stereocenters. The topological polar surface area (TPSA) is 140 Å². The molecule has 0 bridgehead atoms. The van der Waals surface area contributed by atoms with Crippen molar-refractivity contribution >= 4 is 54.6 Å². The Kier molecular flexibility index (Phi) is 8.76. The molecule has 13 heteroatoms. The van der Waals surface area contributed by atoms with Crippen molar-refractivity contribution in [1.29, 1.82) is 0 Å². The Morgan fingerprint density at radius 2 is 1.27 bits per heavy atom. The molecule has 0 spiro atoms. The summed E-state index contributed by atoms with van der Waals surface area (Å²) in [6.07, 6.45) is 0. The summed E-state index contributed by atoms with van der Waals surface area (Å²) >= 11 is 6.27. The van der Waals surface area contributed by atoms with Gasteiger partial charge in [-0.1, -0.05) is 29.3 Å². The van der Waals surface area contributed by atoms with Crippen LogP contribution in [0.25, 0.3) is 0 Å². The molecule has 4 aromatic rings. The second kappa shape index (κ2) is 12.1. The van der Waals surface area contributed by atoms with E-state index >= 15 is 0 Å². The largest absolute Gasteiger partial charge is 0.497 e. The summed E-state index contributed by atoms with van der Waals surface area (Å²) in [5.74, 6) is 0.255. The van der Waals surface area contributed by atoms with E-state index in [0.717, 1.165) is 5.56 Å². The quantitative estimate of drug-likeness (QED) is 0.213. The summed E-state index contributed by atoms with van der Waals surface area (Å²) in [6.45, 7) is 1.85. The normalized spacial score (nSPS) is 11.4. The molecule has 0 aliphatic carbocycles. The molecule has 41 heavy (non-hydrogen) atoms. The lowest BCUT2D eigenvalue weighted by Crippen LogP contribution is -2.15. The molecule has 0 saturated carbocycles. The number of rotatable bonds is 10. The molecule has 4 aromatic carbocycles. The third-order valence-electron chi connectivity index (χ3n) is 5.88. The number of hydrogen-bond acceptors (Lipinski definition) is 7. The maximum atomic E-state index is 12.9. The number of carbonyl (C=O) groups is 1. The van der Waals surface area contributed by atoms with Gasteiger partial charge in [0.05, 0.1) is 40.4 Å². The summed E-state index contributed by atoms with van der Waals surface area (Å²) in [5.41, 5.74) is 1.75. The van der Waals surface area contributed by atoms with E-state index in [4.69, 9.17) is 21.1 Å². The van der Waals surface area contributed by atoms with Gasteiger partial charge in [0.25, 0.3) is 26.0 Å². The number of halogens is 1. The first kappa shape index (κ1) is 29.7. The van der Waals surface area contributed by atoms with Crippen LogP contribution in [-0.2, 0) is 20.0 Å². The number of ether oxygens (including phenoxy) is 2. The number of benzene rings is 4. The summed E-state index contributed by atoms with van der Waals surface area (Å²) in [7, 11) is -4.95. The van der Waals surface area contributed by atoms with Crippen molar-refractivity contribution in [2.45, 2.75) is 16.7 Å². The van der Waals surface area contributed by atoms with E-state index in [-0.39, 0.29) is 37.5 Å². The fourth-order valence-electron chi connectivity index (χ4n) is 3.67. The average molecular weight is 616 g/mol. The number of amides is 1. The zero-order valence-corrected chi connectivity index (χ0v) is 24.5. The fourth-order valence-corrected chi connectivity index (χ4v) is 6.10. The summed E-state index contributed by atoms with van der Waals surface area (Å²) in [6, 6.07) is 20.7. The SMILES string of the molecule is COc1ccc(NS(=O)(=O)c2ccc(NC(=O)c3ccc(NS(=O)(=O)c4ccc(C)cc4)c(Cl)c3)cc2)c(OC)c1. The molecule has 0 aliphatic rings. The zero-order chi connectivity index (χ0) is 29.8. The molecule has 214 valence electrons. The number of methoxy groups -OCH3 is 2. The molecule has 0 aliphatic heterocycles. The van der Waals surface area contributed by atoms with Crippen LogP contribution in [0.1, 0.15) is 15.9 Å².